The molecular weight excluding hydrogens is 408 g/mol. The summed E-state index contributed by atoms with van der Waals surface area (Å²) in [6.07, 6.45) is 0.695. The van der Waals surface area contributed by atoms with Gasteiger partial charge in [-0.05, 0) is 31.0 Å². The Kier molecular flexibility index (Phi) is 5.05. The molecule has 1 aromatic heterocycles. The van der Waals surface area contributed by atoms with Gasteiger partial charge in [-0.25, -0.2) is 4.68 Å². The Bertz CT molecular complexity index is 1200. The van der Waals surface area contributed by atoms with Crippen LogP contribution in [0.1, 0.15) is 30.6 Å². The van der Waals surface area contributed by atoms with E-state index in [1.807, 2.05) is 38.1 Å². The summed E-state index contributed by atoms with van der Waals surface area (Å²) in [5, 5.41) is 10.5. The van der Waals surface area contributed by atoms with Crippen LogP contribution >= 0.6 is 0 Å². The summed E-state index contributed by atoms with van der Waals surface area (Å²) >= 11 is 0. The third-order valence-corrected chi connectivity index (χ3v) is 5.70. The second kappa shape index (κ2) is 8.03. The maximum atomic E-state index is 12.8. The fourth-order valence-electron chi connectivity index (χ4n) is 4.10. The number of aromatic nitrogens is 2. The van der Waals surface area contributed by atoms with Gasteiger partial charge in [-0.1, -0.05) is 36.8 Å². The second-order valence-electron chi connectivity index (χ2n) is 7.95. The van der Waals surface area contributed by atoms with Crippen molar-refractivity contribution in [2.45, 2.75) is 32.7 Å². The Balaban J connectivity index is 1.37. The zero-order valence-corrected chi connectivity index (χ0v) is 18.0. The number of amides is 2. The molecule has 0 saturated heterocycles. The molecule has 3 heterocycles. The Hall–Kier alpha value is -3.81. The van der Waals surface area contributed by atoms with Crippen LogP contribution in [0.15, 0.2) is 42.5 Å². The third-order valence-electron chi connectivity index (χ3n) is 5.70. The lowest BCUT2D eigenvalue weighted by molar-refractivity contribution is -0.123. The van der Waals surface area contributed by atoms with Crippen LogP contribution in [0.2, 0.25) is 0 Å². The predicted molar refractivity (Wildman–Crippen MR) is 120 cm³/mol. The molecule has 164 valence electrons. The molecule has 0 aliphatic carbocycles. The molecule has 2 N–H and O–H groups in total. The molecule has 5 rings (SSSR count). The number of hydrogen-bond donors (Lipinski definition) is 2. The van der Waals surface area contributed by atoms with Crippen molar-refractivity contribution < 1.29 is 19.1 Å². The summed E-state index contributed by atoms with van der Waals surface area (Å²) in [7, 11) is 0. The number of hydrogen-bond acceptors (Lipinski definition) is 5. The minimum Gasteiger partial charge on any atom is -0.486 e. The van der Waals surface area contributed by atoms with Crippen LogP contribution in [0.3, 0.4) is 0 Å². The number of ether oxygens (including phenoxy) is 2. The van der Waals surface area contributed by atoms with Crippen LogP contribution in [-0.4, -0.2) is 34.8 Å². The average molecular weight is 432 g/mol. The molecule has 0 fully saturated rings. The van der Waals surface area contributed by atoms with Gasteiger partial charge in [0, 0.05) is 17.3 Å². The first-order chi connectivity index (χ1) is 15.5. The first-order valence-electron chi connectivity index (χ1n) is 10.7. The summed E-state index contributed by atoms with van der Waals surface area (Å²) < 4.78 is 12.7. The standard InChI is InChI=1S/C24H24N4O4/c1-3-17-22(15-6-4-14(2)5-7-15)23-26-24(30)18(28(23)27-17)13-21(29)25-16-8-9-19-20(12-16)32-11-10-31-19/h4-9,12,18H,3,10-11,13H2,1-2H3,(H,25,29)(H,26,30). The fourth-order valence-corrected chi connectivity index (χ4v) is 4.10. The maximum absolute atomic E-state index is 12.8. The highest BCUT2D eigenvalue weighted by molar-refractivity contribution is 6.04. The second-order valence-corrected chi connectivity index (χ2v) is 7.95. The van der Waals surface area contributed by atoms with Gasteiger partial charge >= 0.3 is 0 Å². The van der Waals surface area contributed by atoms with Gasteiger partial charge in [-0.15, -0.1) is 0 Å². The zero-order chi connectivity index (χ0) is 22.2. The van der Waals surface area contributed by atoms with Crippen molar-refractivity contribution in [2.24, 2.45) is 0 Å². The summed E-state index contributed by atoms with van der Waals surface area (Å²) in [6.45, 7) is 5.04. The van der Waals surface area contributed by atoms with Crippen molar-refractivity contribution in [2.75, 3.05) is 23.8 Å². The van der Waals surface area contributed by atoms with E-state index in [4.69, 9.17) is 9.47 Å². The minimum absolute atomic E-state index is 0.0224. The number of fused-ring (bicyclic) bond motifs is 2. The number of anilines is 2. The molecular formula is C24H24N4O4. The molecule has 8 heteroatoms. The lowest BCUT2D eigenvalue weighted by Crippen LogP contribution is -2.24. The van der Waals surface area contributed by atoms with E-state index in [9.17, 15) is 9.59 Å². The van der Waals surface area contributed by atoms with E-state index < -0.39 is 6.04 Å². The molecule has 2 aliphatic heterocycles. The molecule has 1 unspecified atom stereocenters. The highest BCUT2D eigenvalue weighted by Crippen LogP contribution is 2.39. The molecule has 1 atom stereocenters. The van der Waals surface area contributed by atoms with E-state index in [2.05, 4.69) is 15.7 Å². The van der Waals surface area contributed by atoms with Gasteiger partial charge in [0.25, 0.3) is 5.91 Å². The van der Waals surface area contributed by atoms with Crippen molar-refractivity contribution in [1.29, 1.82) is 0 Å². The first-order valence-corrected chi connectivity index (χ1v) is 10.7. The van der Waals surface area contributed by atoms with Crippen LogP contribution in [0.4, 0.5) is 11.5 Å². The monoisotopic (exact) mass is 432 g/mol. The van der Waals surface area contributed by atoms with Crippen molar-refractivity contribution in [3.8, 4) is 22.6 Å². The number of carbonyl (C=O) groups excluding carboxylic acids is 2. The molecule has 0 radical (unpaired) electrons. The summed E-state index contributed by atoms with van der Waals surface area (Å²) in [4.78, 5) is 25.5. The smallest absolute Gasteiger partial charge is 0.251 e. The molecule has 0 spiro atoms. The lowest BCUT2D eigenvalue weighted by Gasteiger charge is -2.19. The predicted octanol–water partition coefficient (Wildman–Crippen LogP) is 3.71. The van der Waals surface area contributed by atoms with Gasteiger partial charge in [0.05, 0.1) is 12.1 Å². The highest BCUT2D eigenvalue weighted by atomic mass is 16.6. The largest absolute Gasteiger partial charge is 0.486 e. The van der Waals surface area contributed by atoms with Crippen LogP contribution < -0.4 is 20.1 Å². The molecule has 8 nitrogen and oxygen atoms in total. The Labute approximate surface area is 185 Å². The SMILES string of the molecule is CCc1nn2c(c1-c1ccc(C)cc1)NC(=O)C2CC(=O)Nc1ccc2c(c1)OCCO2. The average Bonchev–Trinajstić information content (AvgIpc) is 3.29. The van der Waals surface area contributed by atoms with E-state index in [0.717, 1.165) is 28.8 Å². The molecule has 0 saturated carbocycles. The van der Waals surface area contributed by atoms with Crippen LogP contribution in [0.5, 0.6) is 11.5 Å². The first kappa shape index (κ1) is 20.1. The molecule has 32 heavy (non-hydrogen) atoms. The van der Waals surface area contributed by atoms with Crippen molar-refractivity contribution in [3.63, 3.8) is 0 Å². The lowest BCUT2D eigenvalue weighted by atomic mass is 10.0. The summed E-state index contributed by atoms with van der Waals surface area (Å²) in [5.74, 6) is 1.38. The Morgan fingerprint density at radius 1 is 1.16 bits per heavy atom. The third kappa shape index (κ3) is 3.57. The van der Waals surface area contributed by atoms with Crippen molar-refractivity contribution >= 4 is 23.3 Å². The van der Waals surface area contributed by atoms with E-state index in [1.54, 1.807) is 22.9 Å². The van der Waals surface area contributed by atoms with Crippen LogP contribution in [-0.2, 0) is 16.0 Å². The van der Waals surface area contributed by atoms with Gasteiger partial charge in [-0.3, -0.25) is 9.59 Å². The number of benzene rings is 2. The number of nitrogens with one attached hydrogen (secondary N) is 2. The number of aryl methyl sites for hydroxylation is 2. The van der Waals surface area contributed by atoms with E-state index in [-0.39, 0.29) is 18.2 Å². The Morgan fingerprint density at radius 3 is 2.66 bits per heavy atom. The molecule has 2 amide bonds. The van der Waals surface area contributed by atoms with Gasteiger partial charge in [0.1, 0.15) is 25.1 Å². The minimum atomic E-state index is -0.702. The van der Waals surface area contributed by atoms with Gasteiger partial charge in [-0.2, -0.15) is 5.10 Å². The quantitative estimate of drug-likeness (QED) is 0.641. The van der Waals surface area contributed by atoms with Gasteiger partial charge < -0.3 is 20.1 Å². The number of nitrogens with zero attached hydrogens (tertiary/aromatic N) is 2. The van der Waals surface area contributed by atoms with Gasteiger partial charge in [0.15, 0.2) is 11.5 Å². The normalized spacial score (nSPS) is 16.4. The zero-order valence-electron chi connectivity index (χ0n) is 18.0. The highest BCUT2D eigenvalue weighted by Gasteiger charge is 2.36. The molecule has 3 aromatic rings. The fraction of sp³-hybridized carbons (Fsp3) is 0.292. The van der Waals surface area contributed by atoms with Crippen LogP contribution in [0, 0.1) is 6.92 Å². The van der Waals surface area contributed by atoms with Crippen molar-refractivity contribution in [3.05, 3.63) is 53.7 Å². The van der Waals surface area contributed by atoms with E-state index in [1.165, 1.54) is 0 Å². The van der Waals surface area contributed by atoms with E-state index in [0.29, 0.717) is 36.2 Å². The molecule has 0 bridgehead atoms. The van der Waals surface area contributed by atoms with Crippen molar-refractivity contribution in [1.82, 2.24) is 9.78 Å². The number of rotatable bonds is 5. The Morgan fingerprint density at radius 2 is 1.91 bits per heavy atom. The topological polar surface area (TPSA) is 94.5 Å². The van der Waals surface area contributed by atoms with Crippen LogP contribution in [0.25, 0.3) is 11.1 Å². The summed E-state index contributed by atoms with van der Waals surface area (Å²) in [6, 6.07) is 12.7. The molecule has 2 aromatic carbocycles. The molecule has 2 aliphatic rings. The van der Waals surface area contributed by atoms with Gasteiger partial charge in [0.2, 0.25) is 5.91 Å². The maximum Gasteiger partial charge on any atom is 0.251 e. The van der Waals surface area contributed by atoms with E-state index >= 15 is 0 Å². The summed E-state index contributed by atoms with van der Waals surface area (Å²) in [5.41, 5.74) is 4.55. The number of carbonyl (C=O) groups is 2.